The van der Waals surface area contributed by atoms with E-state index in [0.717, 1.165) is 25.7 Å². The Kier molecular flexibility index (Phi) is 16.4. The Hall–Kier alpha value is -1.39. The van der Waals surface area contributed by atoms with E-state index in [-0.39, 0.29) is 5.97 Å². The summed E-state index contributed by atoms with van der Waals surface area (Å²) in [5.74, 6) is 0.253. The summed E-state index contributed by atoms with van der Waals surface area (Å²) in [6, 6.07) is 0. The molecular weight excluding hydrogens is 236 g/mol. The second-order valence-electron chi connectivity index (χ2n) is 3.58. The van der Waals surface area contributed by atoms with Gasteiger partial charge in [0.2, 0.25) is 0 Å². The molecule has 5 nitrogen and oxygen atoms in total. The summed E-state index contributed by atoms with van der Waals surface area (Å²) in [6.07, 6.45) is 5.24. The first-order chi connectivity index (χ1) is 8.58. The Morgan fingerprint density at radius 3 is 1.83 bits per heavy atom. The smallest absolute Gasteiger partial charge is 0.302 e. The molecule has 1 rings (SSSR count). The van der Waals surface area contributed by atoms with Gasteiger partial charge in [0.1, 0.15) is 5.78 Å². The molecular formula is C13H24O5. The van der Waals surface area contributed by atoms with Gasteiger partial charge in [-0.15, -0.1) is 0 Å². The van der Waals surface area contributed by atoms with Crippen LogP contribution >= 0.6 is 0 Å². The third-order valence-corrected chi connectivity index (χ3v) is 1.99. The van der Waals surface area contributed by atoms with Gasteiger partial charge in [0.15, 0.2) is 0 Å². The van der Waals surface area contributed by atoms with E-state index >= 15 is 0 Å². The van der Waals surface area contributed by atoms with Gasteiger partial charge in [0, 0.05) is 19.8 Å². The molecule has 0 radical (unpaired) electrons. The van der Waals surface area contributed by atoms with Crippen LogP contribution in [-0.2, 0) is 23.9 Å². The molecule has 1 aliphatic carbocycles. The molecule has 0 N–H and O–H groups in total. The third-order valence-electron chi connectivity index (χ3n) is 1.99. The highest BCUT2D eigenvalue weighted by molar-refractivity contribution is 5.78. The molecule has 0 heterocycles. The van der Waals surface area contributed by atoms with Gasteiger partial charge in [-0.1, -0.05) is 6.42 Å². The first kappa shape index (κ1) is 19.0. The van der Waals surface area contributed by atoms with Crippen molar-refractivity contribution in [1.82, 2.24) is 0 Å². The maximum atomic E-state index is 10.5. The fourth-order valence-electron chi connectivity index (χ4n) is 1.22. The summed E-state index contributed by atoms with van der Waals surface area (Å²) in [4.78, 5) is 29.5. The van der Waals surface area contributed by atoms with Crippen molar-refractivity contribution in [3.8, 4) is 0 Å². The van der Waals surface area contributed by atoms with Crippen molar-refractivity contribution in [3.05, 3.63) is 0 Å². The van der Waals surface area contributed by atoms with E-state index in [4.69, 9.17) is 0 Å². The molecule has 18 heavy (non-hydrogen) atoms. The fraction of sp³-hybridized carbons (Fsp3) is 0.769. The molecule has 0 saturated heterocycles. The molecule has 1 fully saturated rings. The van der Waals surface area contributed by atoms with Crippen molar-refractivity contribution in [2.45, 2.75) is 52.9 Å². The lowest BCUT2D eigenvalue weighted by Gasteiger charge is -2.05. The van der Waals surface area contributed by atoms with Crippen LogP contribution in [0.1, 0.15) is 52.9 Å². The number of ketones is 1. The molecule has 0 aliphatic heterocycles. The molecule has 5 heteroatoms. The minimum absolute atomic E-state index is 0.211. The monoisotopic (exact) mass is 260 g/mol. The summed E-state index contributed by atoms with van der Waals surface area (Å²) in [7, 11) is 0. The molecule has 0 aromatic rings. The van der Waals surface area contributed by atoms with Crippen LogP contribution in [0.25, 0.3) is 0 Å². The Morgan fingerprint density at radius 2 is 1.72 bits per heavy atom. The van der Waals surface area contributed by atoms with Crippen LogP contribution < -0.4 is 0 Å². The van der Waals surface area contributed by atoms with Gasteiger partial charge in [-0.2, -0.15) is 0 Å². The molecule has 0 amide bonds. The SMILES string of the molecule is CCOC(C)=O.CCOC=O.O=C1CCCCC1. The molecule has 0 aromatic heterocycles. The molecule has 0 bridgehead atoms. The summed E-state index contributed by atoms with van der Waals surface area (Å²) in [5.41, 5.74) is 0. The Labute approximate surface area is 109 Å². The lowest BCUT2D eigenvalue weighted by Crippen LogP contribution is -2.02. The average Bonchev–Trinajstić information content (AvgIpc) is 2.32. The van der Waals surface area contributed by atoms with Gasteiger partial charge in [-0.3, -0.25) is 14.4 Å². The van der Waals surface area contributed by atoms with Gasteiger partial charge in [-0.25, -0.2) is 0 Å². The Morgan fingerprint density at radius 1 is 1.17 bits per heavy atom. The summed E-state index contributed by atoms with van der Waals surface area (Å²) < 4.78 is 8.56. The molecule has 0 unspecified atom stereocenters. The maximum absolute atomic E-state index is 10.5. The van der Waals surface area contributed by atoms with Crippen molar-refractivity contribution >= 4 is 18.2 Å². The minimum atomic E-state index is -0.211. The van der Waals surface area contributed by atoms with Gasteiger partial charge in [0.05, 0.1) is 13.2 Å². The van der Waals surface area contributed by atoms with Gasteiger partial charge in [-0.05, 0) is 26.7 Å². The second-order valence-corrected chi connectivity index (χ2v) is 3.58. The third kappa shape index (κ3) is 20.1. The van der Waals surface area contributed by atoms with Crippen LogP contribution in [0.15, 0.2) is 0 Å². The number of hydrogen-bond donors (Lipinski definition) is 0. The zero-order valence-corrected chi connectivity index (χ0v) is 11.6. The topological polar surface area (TPSA) is 69.7 Å². The van der Waals surface area contributed by atoms with Crippen LogP contribution in [0.4, 0.5) is 0 Å². The molecule has 0 spiro atoms. The standard InChI is InChI=1S/C6H10O.C4H8O2.C3H6O2/c7-6-4-2-1-3-5-6;1-3-6-4(2)5;1-2-5-3-4/h1-5H2;3H2,1-2H3;3H,2H2,1H3. The zero-order valence-electron chi connectivity index (χ0n) is 11.6. The van der Waals surface area contributed by atoms with E-state index in [2.05, 4.69) is 9.47 Å². The van der Waals surface area contributed by atoms with Gasteiger partial charge in [0.25, 0.3) is 6.47 Å². The summed E-state index contributed by atoms with van der Waals surface area (Å²) >= 11 is 0. The fourth-order valence-corrected chi connectivity index (χ4v) is 1.22. The number of carbonyl (C=O) groups excluding carboxylic acids is 3. The van der Waals surface area contributed by atoms with E-state index in [1.54, 1.807) is 13.8 Å². The quantitative estimate of drug-likeness (QED) is 0.575. The highest BCUT2D eigenvalue weighted by atomic mass is 16.5. The molecule has 106 valence electrons. The van der Waals surface area contributed by atoms with Crippen molar-refractivity contribution in [2.75, 3.05) is 13.2 Å². The predicted octanol–water partition coefficient (Wildman–Crippen LogP) is 2.27. The zero-order chi connectivity index (χ0) is 14.2. The van der Waals surface area contributed by atoms with Crippen LogP contribution in [0.5, 0.6) is 0 Å². The lowest BCUT2D eigenvalue weighted by atomic mass is 10.00. The average molecular weight is 260 g/mol. The van der Waals surface area contributed by atoms with Gasteiger partial charge >= 0.3 is 5.97 Å². The van der Waals surface area contributed by atoms with Crippen LogP contribution in [0.3, 0.4) is 0 Å². The molecule has 0 aromatic carbocycles. The Bertz CT molecular complexity index is 217. The van der Waals surface area contributed by atoms with Crippen LogP contribution in [0, 0.1) is 0 Å². The number of ether oxygens (including phenoxy) is 2. The Balaban J connectivity index is 0. The summed E-state index contributed by atoms with van der Waals surface area (Å²) in [5, 5.41) is 0. The number of esters is 1. The van der Waals surface area contributed by atoms with Crippen molar-refractivity contribution in [3.63, 3.8) is 0 Å². The molecule has 1 saturated carbocycles. The van der Waals surface area contributed by atoms with E-state index in [0.29, 0.717) is 25.5 Å². The number of hydrogen-bond acceptors (Lipinski definition) is 5. The molecule has 1 aliphatic rings. The first-order valence-electron chi connectivity index (χ1n) is 6.28. The largest absolute Gasteiger partial charge is 0.468 e. The van der Waals surface area contributed by atoms with E-state index in [1.165, 1.54) is 13.3 Å². The number of Topliss-reactive ketones (excluding diaryl/α,β-unsaturated/α-hetero) is 1. The van der Waals surface area contributed by atoms with E-state index in [1.807, 2.05) is 0 Å². The highest BCUT2D eigenvalue weighted by Crippen LogP contribution is 2.12. The second kappa shape index (κ2) is 15.6. The van der Waals surface area contributed by atoms with Crippen LogP contribution in [-0.4, -0.2) is 31.4 Å². The van der Waals surface area contributed by atoms with Crippen LogP contribution in [0.2, 0.25) is 0 Å². The van der Waals surface area contributed by atoms with Crippen molar-refractivity contribution in [2.24, 2.45) is 0 Å². The van der Waals surface area contributed by atoms with Crippen molar-refractivity contribution in [1.29, 1.82) is 0 Å². The lowest BCUT2D eigenvalue weighted by molar-refractivity contribution is -0.140. The van der Waals surface area contributed by atoms with E-state index < -0.39 is 0 Å². The van der Waals surface area contributed by atoms with Gasteiger partial charge < -0.3 is 9.47 Å². The van der Waals surface area contributed by atoms with Crippen molar-refractivity contribution < 1.29 is 23.9 Å². The number of rotatable bonds is 3. The normalized spacial score (nSPS) is 13.2. The minimum Gasteiger partial charge on any atom is -0.468 e. The highest BCUT2D eigenvalue weighted by Gasteiger charge is 2.05. The maximum Gasteiger partial charge on any atom is 0.302 e. The molecule has 0 atom stereocenters. The first-order valence-corrected chi connectivity index (χ1v) is 6.28. The summed E-state index contributed by atoms with van der Waals surface area (Å²) in [6.45, 7) is 6.32. The predicted molar refractivity (Wildman–Crippen MR) is 68.1 cm³/mol. The van der Waals surface area contributed by atoms with E-state index in [9.17, 15) is 14.4 Å². The number of carbonyl (C=O) groups is 3.